The number of hydrogen-bond donors (Lipinski definition) is 3. The van der Waals surface area contributed by atoms with E-state index in [1.807, 2.05) is 0 Å². The molecule has 4 rings (SSSR count). The molecule has 7 nitrogen and oxygen atoms in total. The van der Waals surface area contributed by atoms with E-state index in [0.717, 1.165) is 0 Å². The summed E-state index contributed by atoms with van der Waals surface area (Å²) in [5, 5.41) is 2.89. The number of hydrogen-bond acceptors (Lipinski definition) is 6. The minimum atomic E-state index is -4.54. The fourth-order valence-corrected chi connectivity index (χ4v) is 4.63. The third-order valence-corrected chi connectivity index (χ3v) is 6.42. The van der Waals surface area contributed by atoms with Crippen molar-refractivity contribution in [2.75, 3.05) is 11.1 Å². The third-order valence-electron chi connectivity index (χ3n) is 4.87. The molecule has 0 spiro atoms. The Morgan fingerprint density at radius 1 is 0.935 bits per heavy atom. The van der Waals surface area contributed by atoms with Crippen LogP contribution in [0.1, 0.15) is 37.4 Å². The summed E-state index contributed by atoms with van der Waals surface area (Å²) >= 11 is 3.30. The number of rotatable bonds is 3. The normalized spacial score (nSPS) is 12.6. The molecule has 10 heteroatoms. The molecule has 0 saturated heterocycles. The summed E-state index contributed by atoms with van der Waals surface area (Å²) in [6.45, 7) is 1.68. The summed E-state index contributed by atoms with van der Waals surface area (Å²) < 4.78 is 33.7. The van der Waals surface area contributed by atoms with Gasteiger partial charge in [-0.1, -0.05) is 30.3 Å². The van der Waals surface area contributed by atoms with Gasteiger partial charge in [0.2, 0.25) is 0 Å². The first-order chi connectivity index (χ1) is 14.1. The number of nitrogens with one attached hydrogen (secondary N) is 1. The number of fused-ring (bicyclic) bond motifs is 2. The third kappa shape index (κ3) is 4.09. The zero-order chi connectivity index (χ0) is 21.8. The number of carbonyl (C=O) groups is 2. The molecule has 0 aliphatic heterocycles. The molecule has 0 radical (unpaired) electrons. The molecule has 4 N–H and O–H groups in total. The second kappa shape index (κ2) is 8.50. The number of benzene rings is 3. The van der Waals surface area contributed by atoms with Crippen LogP contribution in [-0.2, 0) is 10.1 Å². The van der Waals surface area contributed by atoms with E-state index in [1.54, 1.807) is 37.3 Å². The molecule has 3 aromatic carbocycles. The first-order valence-corrected chi connectivity index (χ1v) is 11.0. The monoisotopic (exact) mass is 510 g/mol. The quantitative estimate of drug-likeness (QED) is 0.219. The first-order valence-electron chi connectivity index (χ1n) is 8.75. The molecule has 0 aromatic heterocycles. The van der Waals surface area contributed by atoms with E-state index in [4.69, 9.17) is 5.73 Å². The van der Waals surface area contributed by atoms with Crippen molar-refractivity contribution in [3.63, 3.8) is 0 Å². The average Bonchev–Trinajstić information content (AvgIpc) is 2.69. The molecule has 0 atom stereocenters. The molecular weight excluding hydrogens is 495 g/mol. The van der Waals surface area contributed by atoms with Crippen LogP contribution < -0.4 is 11.1 Å². The van der Waals surface area contributed by atoms with E-state index >= 15 is 0 Å². The van der Waals surface area contributed by atoms with Crippen LogP contribution in [0.25, 0.3) is 0 Å². The van der Waals surface area contributed by atoms with Gasteiger partial charge in [-0.15, -0.1) is 0 Å². The van der Waals surface area contributed by atoms with Crippen LogP contribution in [-0.4, -0.2) is 54.1 Å². The number of aryl methyl sites for hydroxylation is 1. The predicted molar refractivity (Wildman–Crippen MR) is 123 cm³/mol. The van der Waals surface area contributed by atoms with E-state index < -0.39 is 21.7 Å². The number of halogens is 1. The van der Waals surface area contributed by atoms with Gasteiger partial charge in [0.15, 0.2) is 11.6 Å². The van der Waals surface area contributed by atoms with Crippen molar-refractivity contribution in [2.24, 2.45) is 0 Å². The summed E-state index contributed by atoms with van der Waals surface area (Å²) in [7, 11) is -4.54. The Bertz CT molecular complexity index is 1370. The van der Waals surface area contributed by atoms with Crippen LogP contribution >= 0.6 is 15.9 Å². The molecule has 0 amide bonds. The Labute approximate surface area is 209 Å². The predicted octanol–water partition coefficient (Wildman–Crippen LogP) is 3.46. The molecule has 0 saturated carbocycles. The summed E-state index contributed by atoms with van der Waals surface area (Å²) in [5.41, 5.74) is 7.65. The summed E-state index contributed by atoms with van der Waals surface area (Å²) in [4.78, 5) is 26.0. The van der Waals surface area contributed by atoms with Crippen LogP contribution in [0.4, 0.5) is 17.1 Å². The number of anilines is 3. The molecule has 31 heavy (non-hydrogen) atoms. The van der Waals surface area contributed by atoms with Gasteiger partial charge in [-0.2, -0.15) is 8.42 Å². The van der Waals surface area contributed by atoms with Crippen molar-refractivity contribution < 1.29 is 22.6 Å². The number of carbonyl (C=O) groups excluding carboxylic acids is 2. The molecule has 0 fully saturated rings. The fraction of sp³-hybridized carbons (Fsp3) is 0.0476. The zero-order valence-corrected chi connectivity index (χ0v) is 18.0. The van der Waals surface area contributed by atoms with Gasteiger partial charge in [0, 0.05) is 15.6 Å². The van der Waals surface area contributed by atoms with Crippen molar-refractivity contribution >= 4 is 84.2 Å². The summed E-state index contributed by atoms with van der Waals surface area (Å²) in [6, 6.07) is 12.3. The van der Waals surface area contributed by atoms with E-state index in [0.29, 0.717) is 10.0 Å². The van der Waals surface area contributed by atoms with Crippen LogP contribution in [0.2, 0.25) is 0 Å². The zero-order valence-electron chi connectivity index (χ0n) is 15.6. The van der Waals surface area contributed by atoms with E-state index in [2.05, 4.69) is 21.2 Å². The Hall–Kier alpha value is -2.01. The van der Waals surface area contributed by atoms with Gasteiger partial charge in [0.25, 0.3) is 10.1 Å². The molecular formula is C21H16BrN2NaO5S. The van der Waals surface area contributed by atoms with Crippen molar-refractivity contribution in [2.45, 2.75) is 11.8 Å². The summed E-state index contributed by atoms with van der Waals surface area (Å²) in [6.07, 6.45) is 0. The molecule has 0 bridgehead atoms. The second-order valence-corrected chi connectivity index (χ2v) is 9.12. The standard InChI is InChI=1S/C21H15BrN2O5S.Na.H/c1-10-6-7-14(16(8-10)30(27,28)29)24-15-9-13(22)19(23)18-17(15)20(25)11-4-2-3-5-12(11)21(18)26;;/h2-9,24H,23H2,1H3,(H,27,28,29);;. The van der Waals surface area contributed by atoms with Crippen molar-refractivity contribution in [1.29, 1.82) is 0 Å². The molecule has 1 aliphatic rings. The maximum absolute atomic E-state index is 13.2. The van der Waals surface area contributed by atoms with Crippen LogP contribution in [0.15, 0.2) is 57.9 Å². The van der Waals surface area contributed by atoms with Crippen LogP contribution in [0.5, 0.6) is 0 Å². The Kier molecular flexibility index (Phi) is 6.48. The van der Waals surface area contributed by atoms with Gasteiger partial charge in [-0.25, -0.2) is 0 Å². The SMILES string of the molecule is Cc1ccc(Nc2cc(Br)c(N)c3c2C(=O)c2ccccc2C3=O)c(S(=O)(=O)O)c1.[NaH]. The Morgan fingerprint density at radius 2 is 1.52 bits per heavy atom. The van der Waals surface area contributed by atoms with Gasteiger partial charge in [0.05, 0.1) is 28.2 Å². The molecule has 0 heterocycles. The average molecular weight is 511 g/mol. The number of ketones is 2. The van der Waals surface area contributed by atoms with Crippen molar-refractivity contribution in [1.82, 2.24) is 0 Å². The number of nitrogen functional groups attached to an aromatic ring is 1. The van der Waals surface area contributed by atoms with Crippen molar-refractivity contribution in [3.05, 3.63) is 80.8 Å². The first kappa shape index (κ1) is 23.6. The van der Waals surface area contributed by atoms with Crippen LogP contribution in [0, 0.1) is 6.92 Å². The maximum atomic E-state index is 13.2. The van der Waals surface area contributed by atoms with Gasteiger partial charge in [-0.3, -0.25) is 14.1 Å². The van der Waals surface area contributed by atoms with E-state index in [1.165, 1.54) is 18.2 Å². The molecule has 1 aliphatic carbocycles. The summed E-state index contributed by atoms with van der Waals surface area (Å²) in [5.74, 6) is -0.816. The number of nitrogens with two attached hydrogens (primary N) is 1. The van der Waals surface area contributed by atoms with Gasteiger partial charge in [0.1, 0.15) is 4.90 Å². The minimum absolute atomic E-state index is 0. The fourth-order valence-electron chi connectivity index (χ4n) is 3.48. The molecule has 3 aromatic rings. The van der Waals surface area contributed by atoms with Gasteiger partial charge in [-0.05, 0) is 46.6 Å². The molecule has 0 unspecified atom stereocenters. The van der Waals surface area contributed by atoms with Gasteiger partial charge >= 0.3 is 29.6 Å². The van der Waals surface area contributed by atoms with Crippen LogP contribution in [0.3, 0.4) is 0 Å². The Morgan fingerprint density at radius 3 is 2.10 bits per heavy atom. The van der Waals surface area contributed by atoms with Crippen molar-refractivity contribution in [3.8, 4) is 0 Å². The molecule has 154 valence electrons. The topological polar surface area (TPSA) is 127 Å². The van der Waals surface area contributed by atoms with E-state index in [-0.39, 0.29) is 73.8 Å². The van der Waals surface area contributed by atoms with Gasteiger partial charge < -0.3 is 11.1 Å². The Balaban J connectivity index is 0.00000272. The van der Waals surface area contributed by atoms with E-state index in [9.17, 15) is 22.6 Å². The second-order valence-electron chi connectivity index (χ2n) is 6.87.